The minimum absolute atomic E-state index is 0.242. The maximum atomic E-state index is 12.0. The molecular formula is C15H18O3S. The standard InChI is InChI=1S/C15H18O3S/c16-19(17,15-4-2-1-3-5-15)18-11-14-10-12-6-8-13(14)9-7-12/h1-6,8,12-14H,7,9-11H2/t12-,13-,14+/m0/s1. The number of hydrogen-bond donors (Lipinski definition) is 0. The SMILES string of the molecule is O=S(=O)(OC[C@H]1C[C@H]2C=C[C@H]1CC2)c1ccccc1. The third-order valence-corrected chi connectivity index (χ3v) is 5.48. The van der Waals surface area contributed by atoms with Crippen LogP contribution in [0.15, 0.2) is 47.4 Å². The Morgan fingerprint density at radius 2 is 1.89 bits per heavy atom. The molecule has 19 heavy (non-hydrogen) atoms. The van der Waals surface area contributed by atoms with Crippen molar-refractivity contribution in [3.8, 4) is 0 Å². The van der Waals surface area contributed by atoms with E-state index in [2.05, 4.69) is 12.2 Å². The Hall–Kier alpha value is -1.13. The van der Waals surface area contributed by atoms with Crippen molar-refractivity contribution >= 4 is 10.1 Å². The van der Waals surface area contributed by atoms with Crippen LogP contribution < -0.4 is 0 Å². The van der Waals surface area contributed by atoms with E-state index in [4.69, 9.17) is 4.18 Å². The van der Waals surface area contributed by atoms with E-state index < -0.39 is 10.1 Å². The van der Waals surface area contributed by atoms with Crippen LogP contribution in [0, 0.1) is 17.8 Å². The highest BCUT2D eigenvalue weighted by molar-refractivity contribution is 7.86. The van der Waals surface area contributed by atoms with Gasteiger partial charge in [-0.25, -0.2) is 0 Å². The molecule has 1 fully saturated rings. The van der Waals surface area contributed by atoms with Gasteiger partial charge in [0.1, 0.15) is 0 Å². The van der Waals surface area contributed by atoms with Gasteiger partial charge in [-0.3, -0.25) is 4.18 Å². The summed E-state index contributed by atoms with van der Waals surface area (Å²) in [6.07, 6.45) is 7.98. The average Bonchev–Trinajstić information content (AvgIpc) is 2.47. The second-order valence-electron chi connectivity index (χ2n) is 5.43. The summed E-state index contributed by atoms with van der Waals surface area (Å²) in [7, 11) is -3.60. The summed E-state index contributed by atoms with van der Waals surface area (Å²) in [5, 5.41) is 0. The Bertz CT molecular complexity index is 562. The van der Waals surface area contributed by atoms with Crippen LogP contribution in [0.2, 0.25) is 0 Å². The Balaban J connectivity index is 1.65. The lowest BCUT2D eigenvalue weighted by molar-refractivity contribution is 0.146. The van der Waals surface area contributed by atoms with Crippen LogP contribution in [0.4, 0.5) is 0 Å². The molecule has 0 aromatic heterocycles. The summed E-state index contributed by atoms with van der Waals surface area (Å²) in [6, 6.07) is 8.36. The highest BCUT2D eigenvalue weighted by atomic mass is 32.2. The van der Waals surface area contributed by atoms with Crippen molar-refractivity contribution in [1.29, 1.82) is 0 Å². The van der Waals surface area contributed by atoms with Crippen molar-refractivity contribution in [1.82, 2.24) is 0 Å². The number of rotatable bonds is 4. The quantitative estimate of drug-likeness (QED) is 0.628. The second-order valence-corrected chi connectivity index (χ2v) is 7.05. The van der Waals surface area contributed by atoms with Crippen molar-refractivity contribution in [2.24, 2.45) is 17.8 Å². The fourth-order valence-electron chi connectivity index (χ4n) is 3.08. The minimum atomic E-state index is -3.60. The lowest BCUT2D eigenvalue weighted by Gasteiger charge is -2.37. The molecule has 3 aliphatic carbocycles. The van der Waals surface area contributed by atoms with E-state index in [1.807, 2.05) is 0 Å². The summed E-state index contributed by atoms with van der Waals surface area (Å²) < 4.78 is 29.3. The summed E-state index contributed by atoms with van der Waals surface area (Å²) >= 11 is 0. The van der Waals surface area contributed by atoms with Gasteiger partial charge in [0.2, 0.25) is 0 Å². The lowest BCUT2D eigenvalue weighted by Crippen LogP contribution is -2.31. The first-order valence-corrected chi connectivity index (χ1v) is 8.19. The van der Waals surface area contributed by atoms with E-state index in [9.17, 15) is 8.42 Å². The first-order chi connectivity index (χ1) is 9.15. The van der Waals surface area contributed by atoms with Gasteiger partial charge in [0.15, 0.2) is 0 Å². The highest BCUT2D eigenvalue weighted by Gasteiger charge is 2.33. The third-order valence-electron chi connectivity index (χ3n) is 4.18. The van der Waals surface area contributed by atoms with Gasteiger partial charge in [-0.2, -0.15) is 8.42 Å². The van der Waals surface area contributed by atoms with Gasteiger partial charge in [0.05, 0.1) is 11.5 Å². The van der Waals surface area contributed by atoms with Gasteiger partial charge in [0.25, 0.3) is 10.1 Å². The zero-order valence-electron chi connectivity index (χ0n) is 10.7. The van der Waals surface area contributed by atoms with Crippen LogP contribution in [0.1, 0.15) is 19.3 Å². The Labute approximate surface area is 114 Å². The van der Waals surface area contributed by atoms with Gasteiger partial charge in [-0.1, -0.05) is 30.4 Å². The predicted molar refractivity (Wildman–Crippen MR) is 73.0 cm³/mol. The van der Waals surface area contributed by atoms with Gasteiger partial charge >= 0.3 is 0 Å². The first-order valence-electron chi connectivity index (χ1n) is 6.78. The fraction of sp³-hybridized carbons (Fsp3) is 0.467. The molecule has 4 rings (SSSR count). The highest BCUT2D eigenvalue weighted by Crippen LogP contribution is 2.40. The average molecular weight is 278 g/mol. The van der Waals surface area contributed by atoms with Crippen LogP contribution >= 0.6 is 0 Å². The molecule has 0 N–H and O–H groups in total. The molecule has 1 aromatic rings. The molecule has 0 saturated heterocycles. The molecular weight excluding hydrogens is 260 g/mol. The molecule has 0 aliphatic heterocycles. The Morgan fingerprint density at radius 1 is 1.11 bits per heavy atom. The fourth-order valence-corrected chi connectivity index (χ4v) is 4.06. The van der Waals surface area contributed by atoms with Crippen molar-refractivity contribution < 1.29 is 12.6 Å². The molecule has 0 radical (unpaired) electrons. The normalized spacial score (nSPS) is 29.6. The molecule has 0 amide bonds. The van der Waals surface area contributed by atoms with E-state index in [-0.39, 0.29) is 4.90 Å². The number of fused-ring (bicyclic) bond motifs is 2. The van der Waals surface area contributed by atoms with Gasteiger partial charge < -0.3 is 0 Å². The topological polar surface area (TPSA) is 43.4 Å². The zero-order valence-corrected chi connectivity index (χ0v) is 11.6. The van der Waals surface area contributed by atoms with Crippen LogP contribution in [0.5, 0.6) is 0 Å². The van der Waals surface area contributed by atoms with Crippen LogP contribution in [0.25, 0.3) is 0 Å². The Kier molecular flexibility index (Phi) is 3.46. The molecule has 102 valence electrons. The van der Waals surface area contributed by atoms with Gasteiger partial charge in [0, 0.05) is 0 Å². The summed E-state index contributed by atoms with van der Waals surface area (Å²) in [4.78, 5) is 0.242. The van der Waals surface area contributed by atoms with E-state index in [1.54, 1.807) is 30.3 Å². The predicted octanol–water partition coefficient (Wildman–Crippen LogP) is 2.99. The van der Waals surface area contributed by atoms with E-state index in [1.165, 1.54) is 12.8 Å². The Morgan fingerprint density at radius 3 is 2.47 bits per heavy atom. The van der Waals surface area contributed by atoms with Crippen LogP contribution in [0.3, 0.4) is 0 Å². The summed E-state index contributed by atoms with van der Waals surface area (Å²) in [5.41, 5.74) is 0. The third kappa shape index (κ3) is 2.74. The van der Waals surface area contributed by atoms with E-state index in [0.717, 1.165) is 6.42 Å². The summed E-state index contributed by atoms with van der Waals surface area (Å²) in [5.74, 6) is 1.47. The van der Waals surface area contributed by atoms with Crippen LogP contribution in [-0.4, -0.2) is 15.0 Å². The largest absolute Gasteiger partial charge is 0.296 e. The molecule has 3 aliphatic rings. The van der Waals surface area contributed by atoms with Gasteiger partial charge in [-0.15, -0.1) is 0 Å². The van der Waals surface area contributed by atoms with Crippen molar-refractivity contribution in [3.05, 3.63) is 42.5 Å². The molecule has 3 atom stereocenters. The molecule has 0 spiro atoms. The maximum Gasteiger partial charge on any atom is 0.296 e. The first kappa shape index (κ1) is 12.9. The molecule has 0 unspecified atom stereocenters. The minimum Gasteiger partial charge on any atom is -0.266 e. The van der Waals surface area contributed by atoms with Crippen molar-refractivity contribution in [2.75, 3.05) is 6.61 Å². The number of allylic oxidation sites excluding steroid dienone is 2. The molecule has 1 saturated carbocycles. The second kappa shape index (κ2) is 5.10. The number of hydrogen-bond acceptors (Lipinski definition) is 3. The molecule has 3 nitrogen and oxygen atoms in total. The van der Waals surface area contributed by atoms with E-state index in [0.29, 0.717) is 24.4 Å². The number of benzene rings is 1. The summed E-state index contributed by atoms with van der Waals surface area (Å²) in [6.45, 7) is 0.308. The lowest BCUT2D eigenvalue weighted by atomic mass is 9.69. The molecule has 1 aromatic carbocycles. The smallest absolute Gasteiger partial charge is 0.266 e. The molecule has 0 heterocycles. The van der Waals surface area contributed by atoms with Gasteiger partial charge in [-0.05, 0) is 49.1 Å². The van der Waals surface area contributed by atoms with Crippen LogP contribution in [-0.2, 0) is 14.3 Å². The molecule has 4 heteroatoms. The monoisotopic (exact) mass is 278 g/mol. The van der Waals surface area contributed by atoms with E-state index >= 15 is 0 Å². The molecule has 2 bridgehead atoms. The van der Waals surface area contributed by atoms with Crippen molar-refractivity contribution in [3.63, 3.8) is 0 Å². The zero-order chi connectivity index (χ0) is 13.3. The maximum absolute atomic E-state index is 12.0. The van der Waals surface area contributed by atoms with Crippen molar-refractivity contribution in [2.45, 2.75) is 24.2 Å².